The van der Waals surface area contributed by atoms with Crippen LogP contribution in [-0.2, 0) is 6.42 Å². The lowest BCUT2D eigenvalue weighted by molar-refractivity contribution is 0.253. The maximum atomic E-state index is 10.5. The van der Waals surface area contributed by atoms with Crippen molar-refractivity contribution >= 4 is 11.8 Å². The standard InChI is InChI=1S/C16H18.C12H16.C8H14S.C2H5FO/c1-13(2)16(14-9-5-3-6-10-14)15-11-7-4-8-12-15;1-9(2)11-8-7-10-5-3-4-6-12(10)11;1-3-8-4-5-9-7(2)6-8;3-1-2-4/h3-13,16H,1-2H3;3-6,9,11H,7-8H2,1-2H3;8H,2-6H2,1H3;4H,1-2H2. The summed E-state index contributed by atoms with van der Waals surface area (Å²) < 4.78 is 10.5. The van der Waals surface area contributed by atoms with Crippen molar-refractivity contribution < 1.29 is 9.50 Å². The zero-order valence-corrected chi connectivity index (χ0v) is 26.9. The Morgan fingerprint density at radius 1 is 0.854 bits per heavy atom. The van der Waals surface area contributed by atoms with Crippen LogP contribution in [0.5, 0.6) is 0 Å². The molecule has 1 saturated heterocycles. The van der Waals surface area contributed by atoms with Crippen LogP contribution in [-0.4, -0.2) is 24.1 Å². The molecule has 0 amide bonds. The first-order chi connectivity index (χ1) is 19.8. The third-order valence-electron chi connectivity index (χ3n) is 7.98. The number of hydrogen-bond donors (Lipinski definition) is 1. The van der Waals surface area contributed by atoms with Crippen LogP contribution >= 0.6 is 11.8 Å². The number of thioether (sulfide) groups is 1. The highest BCUT2D eigenvalue weighted by Crippen LogP contribution is 2.37. The summed E-state index contributed by atoms with van der Waals surface area (Å²) in [7, 11) is 0. The van der Waals surface area contributed by atoms with Crippen LogP contribution in [0, 0.1) is 17.8 Å². The van der Waals surface area contributed by atoms with E-state index >= 15 is 0 Å². The summed E-state index contributed by atoms with van der Waals surface area (Å²) in [4.78, 5) is 1.40. The summed E-state index contributed by atoms with van der Waals surface area (Å²) in [5, 5.41) is 7.50. The van der Waals surface area contributed by atoms with Gasteiger partial charge in [0.05, 0.1) is 6.61 Å². The fourth-order valence-corrected chi connectivity index (χ4v) is 6.86. The minimum atomic E-state index is -0.625. The molecule has 1 aliphatic heterocycles. The molecule has 0 bridgehead atoms. The number of allylic oxidation sites excluding steroid dienone is 1. The molecule has 0 aromatic heterocycles. The van der Waals surface area contributed by atoms with Gasteiger partial charge in [-0.15, -0.1) is 11.8 Å². The second-order valence-corrected chi connectivity index (χ2v) is 13.0. The van der Waals surface area contributed by atoms with E-state index < -0.39 is 6.67 Å². The summed E-state index contributed by atoms with van der Waals surface area (Å²) in [6.45, 7) is 14.5. The first-order valence-corrected chi connectivity index (χ1v) is 16.5. The van der Waals surface area contributed by atoms with Crippen molar-refractivity contribution in [1.29, 1.82) is 0 Å². The van der Waals surface area contributed by atoms with E-state index in [2.05, 4.69) is 126 Å². The molecule has 0 saturated carbocycles. The monoisotopic (exact) mass is 576 g/mol. The molecular formula is C38H53FOS. The average molecular weight is 577 g/mol. The summed E-state index contributed by atoms with van der Waals surface area (Å²) in [6, 6.07) is 30.4. The Bertz CT molecular complexity index is 1050. The van der Waals surface area contributed by atoms with Crippen molar-refractivity contribution in [2.45, 2.75) is 78.6 Å². The number of benzene rings is 3. The smallest absolute Gasteiger partial charge is 0.112 e. The van der Waals surface area contributed by atoms with E-state index in [9.17, 15) is 4.39 Å². The van der Waals surface area contributed by atoms with Gasteiger partial charge >= 0.3 is 0 Å². The minimum Gasteiger partial charge on any atom is -0.394 e. The van der Waals surface area contributed by atoms with Gasteiger partial charge in [-0.2, -0.15) is 0 Å². The van der Waals surface area contributed by atoms with Crippen LogP contribution in [0.2, 0.25) is 0 Å². The first kappa shape index (κ1) is 34.8. The summed E-state index contributed by atoms with van der Waals surface area (Å²) >= 11 is 1.94. The largest absolute Gasteiger partial charge is 0.394 e. The number of halogens is 1. The Kier molecular flexibility index (Phi) is 16.7. The van der Waals surface area contributed by atoms with Gasteiger partial charge in [-0.1, -0.05) is 133 Å². The number of alkyl halides is 1. The number of rotatable bonds is 6. The van der Waals surface area contributed by atoms with E-state index in [-0.39, 0.29) is 6.61 Å². The first-order valence-electron chi connectivity index (χ1n) is 15.5. The van der Waals surface area contributed by atoms with Crippen molar-refractivity contribution in [3.8, 4) is 0 Å². The number of aryl methyl sites for hydroxylation is 1. The van der Waals surface area contributed by atoms with Gasteiger partial charge in [0.15, 0.2) is 0 Å². The molecule has 41 heavy (non-hydrogen) atoms. The normalized spacial score (nSPS) is 17.6. The molecule has 0 radical (unpaired) electrons. The summed E-state index contributed by atoms with van der Waals surface area (Å²) in [5.41, 5.74) is 6.00. The molecule has 2 aliphatic rings. The lowest BCUT2D eigenvalue weighted by atomic mass is 9.83. The Hall–Kier alpha value is -2.36. The zero-order valence-electron chi connectivity index (χ0n) is 26.1. The third kappa shape index (κ3) is 12.2. The topological polar surface area (TPSA) is 20.2 Å². The van der Waals surface area contributed by atoms with Crippen molar-refractivity contribution in [3.63, 3.8) is 0 Å². The van der Waals surface area contributed by atoms with Crippen molar-refractivity contribution in [3.05, 3.63) is 119 Å². The van der Waals surface area contributed by atoms with E-state index in [0.29, 0.717) is 11.8 Å². The second-order valence-electron chi connectivity index (χ2n) is 11.7. The quantitative estimate of drug-likeness (QED) is 0.315. The summed E-state index contributed by atoms with van der Waals surface area (Å²) in [6.07, 6.45) is 6.65. The van der Waals surface area contributed by atoms with E-state index in [0.717, 1.165) is 17.8 Å². The van der Waals surface area contributed by atoms with Gasteiger partial charge in [-0.05, 0) is 82.3 Å². The minimum absolute atomic E-state index is 0.347. The maximum Gasteiger partial charge on any atom is 0.112 e. The van der Waals surface area contributed by atoms with E-state index in [1.165, 1.54) is 53.9 Å². The highest BCUT2D eigenvalue weighted by atomic mass is 32.2. The molecule has 1 nitrogen and oxygen atoms in total. The number of hydrogen-bond acceptors (Lipinski definition) is 2. The van der Waals surface area contributed by atoms with Crippen LogP contribution in [0.1, 0.15) is 94.4 Å². The molecule has 5 rings (SSSR count). The molecule has 224 valence electrons. The van der Waals surface area contributed by atoms with Gasteiger partial charge in [0, 0.05) is 5.92 Å². The molecule has 3 heteroatoms. The third-order valence-corrected chi connectivity index (χ3v) is 8.99. The van der Waals surface area contributed by atoms with Gasteiger partial charge < -0.3 is 5.11 Å². The van der Waals surface area contributed by atoms with Crippen LogP contribution in [0.3, 0.4) is 0 Å². The predicted molar refractivity (Wildman–Crippen MR) is 180 cm³/mol. The Morgan fingerprint density at radius 3 is 1.83 bits per heavy atom. The lowest BCUT2D eigenvalue weighted by Crippen LogP contribution is -2.08. The van der Waals surface area contributed by atoms with Crippen molar-refractivity contribution in [1.82, 2.24) is 0 Å². The van der Waals surface area contributed by atoms with E-state index in [1.54, 1.807) is 11.1 Å². The molecule has 3 aromatic carbocycles. The Balaban J connectivity index is 0.000000209. The Labute approximate surface area is 254 Å². The fourth-order valence-electron chi connectivity index (χ4n) is 5.77. The van der Waals surface area contributed by atoms with Gasteiger partial charge in [-0.3, -0.25) is 0 Å². The van der Waals surface area contributed by atoms with E-state index in [1.807, 2.05) is 11.8 Å². The SMILES string of the molecule is C=C1CC(CC)CCS1.CC(C)C(c1ccccc1)c1ccccc1.CC(C)C1CCc2ccccc21.OCCF. The fraction of sp³-hybridized carbons (Fsp3) is 0.474. The van der Waals surface area contributed by atoms with Gasteiger partial charge in [0.25, 0.3) is 0 Å². The molecule has 1 fully saturated rings. The van der Waals surface area contributed by atoms with E-state index in [4.69, 9.17) is 5.11 Å². The molecule has 3 aromatic rings. The molecule has 1 N–H and O–H groups in total. The van der Waals surface area contributed by atoms with Crippen LogP contribution in [0.25, 0.3) is 0 Å². The molecule has 2 atom stereocenters. The lowest BCUT2D eigenvalue weighted by Gasteiger charge is -2.21. The number of aliphatic hydroxyl groups excluding tert-OH is 1. The van der Waals surface area contributed by atoms with Crippen LogP contribution in [0.4, 0.5) is 4.39 Å². The van der Waals surface area contributed by atoms with Crippen molar-refractivity contribution in [2.75, 3.05) is 19.0 Å². The van der Waals surface area contributed by atoms with Crippen LogP contribution in [0.15, 0.2) is 96.4 Å². The van der Waals surface area contributed by atoms with Gasteiger partial charge in [-0.25, -0.2) is 4.39 Å². The second kappa shape index (κ2) is 19.7. The molecule has 2 unspecified atom stereocenters. The van der Waals surface area contributed by atoms with Gasteiger partial charge in [0.1, 0.15) is 6.67 Å². The molecule has 1 heterocycles. The molecule has 1 aliphatic carbocycles. The highest BCUT2D eigenvalue weighted by molar-refractivity contribution is 8.03. The average Bonchev–Trinajstić information content (AvgIpc) is 3.44. The van der Waals surface area contributed by atoms with Gasteiger partial charge in [0.2, 0.25) is 0 Å². The predicted octanol–water partition coefficient (Wildman–Crippen LogP) is 10.8. The number of aliphatic hydroxyl groups is 1. The number of fused-ring (bicyclic) bond motifs is 1. The highest BCUT2D eigenvalue weighted by Gasteiger charge is 2.24. The zero-order chi connectivity index (χ0) is 30.0. The Morgan fingerprint density at radius 2 is 1.39 bits per heavy atom. The summed E-state index contributed by atoms with van der Waals surface area (Å²) in [5.74, 6) is 4.98. The molecular weight excluding hydrogens is 523 g/mol. The maximum absolute atomic E-state index is 10.5. The van der Waals surface area contributed by atoms with Crippen molar-refractivity contribution in [2.24, 2.45) is 17.8 Å². The molecule has 0 spiro atoms. The van der Waals surface area contributed by atoms with Crippen LogP contribution < -0.4 is 0 Å².